The monoisotopic (exact) mass is 343 g/mol. The number of ether oxygens (including phenoxy) is 3. The minimum atomic E-state index is -0.254. The van der Waals surface area contributed by atoms with Gasteiger partial charge in [-0.15, -0.1) is 0 Å². The second-order valence-corrected chi connectivity index (χ2v) is 6.65. The molecular weight excluding hydrogens is 322 g/mol. The van der Waals surface area contributed by atoms with Crippen molar-refractivity contribution in [3.05, 3.63) is 18.2 Å². The van der Waals surface area contributed by atoms with Crippen LogP contribution in [0.1, 0.15) is 19.3 Å². The van der Waals surface area contributed by atoms with Crippen LogP contribution in [-0.2, 0) is 4.79 Å². The van der Waals surface area contributed by atoms with E-state index in [1.54, 1.807) is 4.90 Å². The van der Waals surface area contributed by atoms with Gasteiger partial charge in [-0.05, 0) is 31.4 Å². The molecule has 3 heterocycles. The second kappa shape index (κ2) is 6.81. The first-order chi connectivity index (χ1) is 12.2. The van der Waals surface area contributed by atoms with E-state index in [4.69, 9.17) is 19.5 Å². The molecule has 0 saturated carbocycles. The van der Waals surface area contributed by atoms with Crippen LogP contribution in [-0.4, -0.2) is 60.8 Å². The van der Waals surface area contributed by atoms with Gasteiger partial charge in [-0.2, -0.15) is 5.26 Å². The van der Waals surface area contributed by atoms with Gasteiger partial charge in [0.1, 0.15) is 17.9 Å². The molecule has 0 aliphatic carbocycles. The lowest BCUT2D eigenvalue weighted by molar-refractivity contribution is -0.132. The summed E-state index contributed by atoms with van der Waals surface area (Å²) in [7, 11) is 0. The largest absolute Gasteiger partial charge is 0.489 e. The van der Waals surface area contributed by atoms with Crippen LogP contribution < -0.4 is 14.2 Å². The maximum absolute atomic E-state index is 12.4. The number of benzene rings is 1. The average molecular weight is 343 g/mol. The molecule has 2 saturated heterocycles. The van der Waals surface area contributed by atoms with E-state index < -0.39 is 0 Å². The third-order valence-corrected chi connectivity index (χ3v) is 4.96. The van der Waals surface area contributed by atoms with Crippen LogP contribution in [0.2, 0.25) is 0 Å². The molecule has 25 heavy (non-hydrogen) atoms. The molecule has 3 aliphatic heterocycles. The summed E-state index contributed by atoms with van der Waals surface area (Å²) in [5.74, 6) is 2.25. The van der Waals surface area contributed by atoms with Crippen LogP contribution in [0.15, 0.2) is 18.2 Å². The molecule has 7 nitrogen and oxygen atoms in total. The van der Waals surface area contributed by atoms with E-state index in [0.29, 0.717) is 25.4 Å². The Morgan fingerprint density at radius 3 is 3.04 bits per heavy atom. The number of nitrogens with zero attached hydrogens (tertiary/aromatic N) is 3. The lowest BCUT2D eigenvalue weighted by atomic mass is 10.2. The lowest BCUT2D eigenvalue weighted by Crippen LogP contribution is -2.42. The van der Waals surface area contributed by atoms with Gasteiger partial charge in [-0.1, -0.05) is 0 Å². The van der Waals surface area contributed by atoms with Crippen molar-refractivity contribution in [2.24, 2.45) is 0 Å². The smallest absolute Gasteiger partial charge is 0.237 e. The van der Waals surface area contributed by atoms with Gasteiger partial charge in [0.15, 0.2) is 11.5 Å². The van der Waals surface area contributed by atoms with Gasteiger partial charge in [0.05, 0.1) is 12.6 Å². The first-order valence-electron chi connectivity index (χ1n) is 8.70. The highest BCUT2D eigenvalue weighted by Gasteiger charge is 2.32. The number of amides is 1. The predicted octanol–water partition coefficient (Wildman–Crippen LogP) is 1.38. The number of fused-ring (bicyclic) bond motifs is 1. The zero-order valence-electron chi connectivity index (χ0n) is 14.0. The molecule has 132 valence electrons. The number of hydrogen-bond donors (Lipinski definition) is 0. The molecular formula is C18H21N3O4. The molecule has 2 atom stereocenters. The molecule has 1 aromatic carbocycles. The molecule has 4 rings (SSSR count). The van der Waals surface area contributed by atoms with Crippen molar-refractivity contribution < 1.29 is 19.0 Å². The van der Waals surface area contributed by atoms with E-state index in [9.17, 15) is 4.79 Å². The molecule has 1 aromatic rings. The predicted molar refractivity (Wildman–Crippen MR) is 88.4 cm³/mol. The minimum Gasteiger partial charge on any atom is -0.489 e. The fourth-order valence-electron chi connectivity index (χ4n) is 3.66. The van der Waals surface area contributed by atoms with Crippen molar-refractivity contribution in [3.8, 4) is 23.3 Å². The Bertz CT molecular complexity index is 702. The Kier molecular flexibility index (Phi) is 4.36. The number of carbonyl (C=O) groups excluding carboxylic acids is 1. The standard InChI is InChI=1S/C18H21N3O4/c19-9-13-2-1-6-21(13)18(22)11-20-7-5-15(10-20)25-14-3-4-16-17(8-14)24-12-23-16/h3-4,8,13,15H,1-2,5-7,10-12H2/t13-,15-/m0/s1. The fourth-order valence-corrected chi connectivity index (χ4v) is 3.66. The Morgan fingerprint density at radius 1 is 1.28 bits per heavy atom. The molecule has 7 heteroatoms. The maximum Gasteiger partial charge on any atom is 0.237 e. The zero-order valence-corrected chi connectivity index (χ0v) is 14.0. The van der Waals surface area contributed by atoms with Crippen LogP contribution in [0.3, 0.4) is 0 Å². The normalized spacial score (nSPS) is 25.2. The lowest BCUT2D eigenvalue weighted by Gasteiger charge is -2.23. The molecule has 0 spiro atoms. The van der Waals surface area contributed by atoms with Gasteiger partial charge in [0, 0.05) is 25.7 Å². The van der Waals surface area contributed by atoms with Crippen molar-refractivity contribution in [1.29, 1.82) is 5.26 Å². The number of nitriles is 1. The summed E-state index contributed by atoms with van der Waals surface area (Å²) < 4.78 is 16.7. The maximum atomic E-state index is 12.4. The summed E-state index contributed by atoms with van der Waals surface area (Å²) >= 11 is 0. The van der Waals surface area contributed by atoms with Crippen LogP contribution in [0.5, 0.6) is 17.2 Å². The summed E-state index contributed by atoms with van der Waals surface area (Å²) in [6, 6.07) is 7.54. The van der Waals surface area contributed by atoms with E-state index in [1.807, 2.05) is 18.2 Å². The quantitative estimate of drug-likeness (QED) is 0.822. The van der Waals surface area contributed by atoms with E-state index in [2.05, 4.69) is 11.0 Å². The third-order valence-electron chi connectivity index (χ3n) is 4.96. The van der Waals surface area contributed by atoms with E-state index in [1.165, 1.54) is 0 Å². The fraction of sp³-hybridized carbons (Fsp3) is 0.556. The van der Waals surface area contributed by atoms with Gasteiger partial charge in [0.2, 0.25) is 12.7 Å². The Balaban J connectivity index is 1.30. The van der Waals surface area contributed by atoms with Crippen molar-refractivity contribution in [2.75, 3.05) is 33.0 Å². The summed E-state index contributed by atoms with van der Waals surface area (Å²) in [4.78, 5) is 16.2. The Labute approximate surface area is 146 Å². The third kappa shape index (κ3) is 3.35. The van der Waals surface area contributed by atoms with Gasteiger partial charge in [-0.25, -0.2) is 0 Å². The molecule has 0 aromatic heterocycles. The summed E-state index contributed by atoms with van der Waals surface area (Å²) in [6.07, 6.45) is 2.64. The molecule has 0 radical (unpaired) electrons. The van der Waals surface area contributed by atoms with Crippen molar-refractivity contribution in [2.45, 2.75) is 31.4 Å². The topological polar surface area (TPSA) is 75.0 Å². The average Bonchev–Trinajstić information content (AvgIpc) is 3.34. The first-order valence-corrected chi connectivity index (χ1v) is 8.70. The van der Waals surface area contributed by atoms with E-state index >= 15 is 0 Å². The highest BCUT2D eigenvalue weighted by Crippen LogP contribution is 2.35. The van der Waals surface area contributed by atoms with Gasteiger partial charge < -0.3 is 19.1 Å². The van der Waals surface area contributed by atoms with Gasteiger partial charge >= 0.3 is 0 Å². The zero-order chi connectivity index (χ0) is 17.2. The van der Waals surface area contributed by atoms with Gasteiger partial charge in [-0.3, -0.25) is 9.69 Å². The van der Waals surface area contributed by atoms with E-state index in [-0.39, 0.29) is 24.8 Å². The SMILES string of the molecule is N#C[C@@H]1CCCN1C(=O)CN1CC[C@H](Oc2ccc3c(c2)OCO3)C1. The highest BCUT2D eigenvalue weighted by molar-refractivity contribution is 5.79. The van der Waals surface area contributed by atoms with Crippen LogP contribution >= 0.6 is 0 Å². The minimum absolute atomic E-state index is 0.0489. The second-order valence-electron chi connectivity index (χ2n) is 6.65. The highest BCUT2D eigenvalue weighted by atomic mass is 16.7. The first kappa shape index (κ1) is 16.0. The Morgan fingerprint density at radius 2 is 2.16 bits per heavy atom. The van der Waals surface area contributed by atoms with Crippen LogP contribution in [0, 0.1) is 11.3 Å². The molecule has 0 bridgehead atoms. The summed E-state index contributed by atoms with van der Waals surface area (Å²) in [5.41, 5.74) is 0. The van der Waals surface area contributed by atoms with Gasteiger partial charge in [0.25, 0.3) is 0 Å². The summed E-state index contributed by atoms with van der Waals surface area (Å²) in [5, 5.41) is 9.12. The molecule has 0 unspecified atom stereocenters. The number of rotatable bonds is 4. The number of likely N-dealkylation sites (tertiary alicyclic amines) is 2. The Hall–Kier alpha value is -2.46. The number of hydrogen-bond acceptors (Lipinski definition) is 6. The van der Waals surface area contributed by atoms with Crippen molar-refractivity contribution in [1.82, 2.24) is 9.80 Å². The molecule has 3 aliphatic rings. The van der Waals surface area contributed by atoms with Crippen LogP contribution in [0.25, 0.3) is 0 Å². The van der Waals surface area contributed by atoms with Crippen molar-refractivity contribution >= 4 is 5.91 Å². The molecule has 2 fully saturated rings. The van der Waals surface area contributed by atoms with Crippen LogP contribution in [0.4, 0.5) is 0 Å². The summed E-state index contributed by atoms with van der Waals surface area (Å²) in [6.45, 7) is 2.84. The molecule has 1 amide bonds. The number of carbonyl (C=O) groups is 1. The molecule has 0 N–H and O–H groups in total. The van der Waals surface area contributed by atoms with E-state index in [0.717, 1.165) is 37.3 Å². The van der Waals surface area contributed by atoms with Crippen molar-refractivity contribution in [3.63, 3.8) is 0 Å².